The van der Waals surface area contributed by atoms with E-state index >= 15 is 0 Å². The lowest BCUT2D eigenvalue weighted by atomic mass is 10.1. The third-order valence-electron chi connectivity index (χ3n) is 4.69. The summed E-state index contributed by atoms with van der Waals surface area (Å²) < 4.78 is 40.8. The lowest BCUT2D eigenvalue weighted by Gasteiger charge is -2.24. The van der Waals surface area contributed by atoms with Crippen LogP contribution in [0.5, 0.6) is 0 Å². The van der Waals surface area contributed by atoms with Crippen molar-refractivity contribution in [3.05, 3.63) is 97.1 Å². The number of sulfonamides is 1. The molecule has 0 bridgehead atoms. The number of carbonyl (C=O) groups excluding carboxylic acids is 1. The lowest BCUT2D eigenvalue weighted by molar-refractivity contribution is -0.114. The Morgan fingerprint density at radius 2 is 1.68 bits per heavy atom. The molecule has 0 saturated carbocycles. The van der Waals surface area contributed by atoms with Gasteiger partial charge in [0.05, 0.1) is 5.69 Å². The van der Waals surface area contributed by atoms with E-state index in [1.54, 1.807) is 6.07 Å². The van der Waals surface area contributed by atoms with Crippen LogP contribution >= 0.6 is 0 Å². The molecule has 0 radical (unpaired) electrons. The van der Waals surface area contributed by atoms with Gasteiger partial charge in [-0.1, -0.05) is 36.4 Å². The molecule has 1 N–H and O–H groups in total. The number of fused-ring (bicyclic) bond motifs is 1. The number of amides is 1. The average Bonchev–Trinajstić information content (AvgIpc) is 2.79. The van der Waals surface area contributed by atoms with Gasteiger partial charge in [0, 0.05) is 23.5 Å². The predicted octanol–water partition coefficient (Wildman–Crippen LogP) is 4.21. The summed E-state index contributed by atoms with van der Waals surface area (Å²) in [5, 5.41) is 4.56. The minimum Gasteiger partial charge on any atom is -0.324 e. The summed E-state index contributed by atoms with van der Waals surface area (Å²) in [5.41, 5.74) is 0.735. The first-order chi connectivity index (χ1) is 14.9. The van der Waals surface area contributed by atoms with E-state index in [-0.39, 0.29) is 10.6 Å². The minimum absolute atomic E-state index is 0.0720. The van der Waals surface area contributed by atoms with Crippen LogP contribution in [0, 0.1) is 5.82 Å². The van der Waals surface area contributed by atoms with Crippen LogP contribution in [0.25, 0.3) is 10.8 Å². The van der Waals surface area contributed by atoms with Crippen LogP contribution in [-0.2, 0) is 14.8 Å². The zero-order valence-corrected chi connectivity index (χ0v) is 17.1. The molecule has 6 nitrogen and oxygen atoms in total. The van der Waals surface area contributed by atoms with Gasteiger partial charge >= 0.3 is 0 Å². The number of hydrogen-bond acceptors (Lipinski definition) is 4. The summed E-state index contributed by atoms with van der Waals surface area (Å²) in [6.45, 7) is -0.494. The van der Waals surface area contributed by atoms with Crippen molar-refractivity contribution in [2.24, 2.45) is 0 Å². The first kappa shape index (κ1) is 20.5. The molecule has 1 aromatic heterocycles. The fourth-order valence-corrected chi connectivity index (χ4v) is 4.59. The Balaban J connectivity index is 1.67. The highest BCUT2D eigenvalue weighted by atomic mass is 32.2. The van der Waals surface area contributed by atoms with Crippen LogP contribution in [0.3, 0.4) is 0 Å². The van der Waals surface area contributed by atoms with E-state index < -0.39 is 28.3 Å². The number of nitrogens with one attached hydrogen (secondary N) is 1. The monoisotopic (exact) mass is 435 g/mol. The molecule has 0 fully saturated rings. The first-order valence-electron chi connectivity index (χ1n) is 9.41. The number of rotatable bonds is 6. The molecule has 0 aliphatic rings. The Morgan fingerprint density at radius 3 is 2.42 bits per heavy atom. The van der Waals surface area contributed by atoms with Crippen LogP contribution in [0.1, 0.15) is 0 Å². The van der Waals surface area contributed by atoms with Gasteiger partial charge in [0.25, 0.3) is 10.0 Å². The SMILES string of the molecule is O=C(CN(c1ccc(F)cc1)S(=O)(=O)c1cccnc1)Nc1cccc2ccccc12. The van der Waals surface area contributed by atoms with E-state index in [1.165, 1.54) is 36.7 Å². The standard InChI is InChI=1S/C23H18FN3O3S/c24-18-10-12-19(13-11-18)27(31(29,30)20-7-4-14-25-15-20)16-23(28)26-22-9-3-6-17-5-1-2-8-21(17)22/h1-15H,16H2,(H,26,28). The van der Waals surface area contributed by atoms with Crippen molar-refractivity contribution >= 4 is 38.1 Å². The van der Waals surface area contributed by atoms with Crippen molar-refractivity contribution in [3.63, 3.8) is 0 Å². The van der Waals surface area contributed by atoms with Gasteiger partial charge in [-0.05, 0) is 47.9 Å². The fourth-order valence-electron chi connectivity index (χ4n) is 3.20. The third kappa shape index (κ3) is 4.39. The molecule has 1 amide bonds. The Labute approximate surface area is 179 Å². The van der Waals surface area contributed by atoms with Crippen LogP contribution < -0.4 is 9.62 Å². The molecule has 1 heterocycles. The lowest BCUT2D eigenvalue weighted by Crippen LogP contribution is -2.38. The van der Waals surface area contributed by atoms with Crippen molar-refractivity contribution in [1.82, 2.24) is 4.98 Å². The van der Waals surface area contributed by atoms with Gasteiger partial charge in [-0.3, -0.25) is 14.1 Å². The number of anilines is 2. The molecule has 4 rings (SSSR count). The highest BCUT2D eigenvalue weighted by Crippen LogP contribution is 2.25. The summed E-state index contributed by atoms with van der Waals surface area (Å²) in [6, 6.07) is 20.8. The van der Waals surface area contributed by atoms with E-state index in [1.807, 2.05) is 36.4 Å². The summed E-state index contributed by atoms with van der Waals surface area (Å²) in [5.74, 6) is -1.05. The highest BCUT2D eigenvalue weighted by Gasteiger charge is 2.27. The molecule has 0 aliphatic carbocycles. The smallest absolute Gasteiger partial charge is 0.266 e. The molecule has 0 aliphatic heterocycles. The second-order valence-corrected chi connectivity index (χ2v) is 8.61. The number of nitrogens with zero attached hydrogens (tertiary/aromatic N) is 2. The normalized spacial score (nSPS) is 11.3. The summed E-state index contributed by atoms with van der Waals surface area (Å²) >= 11 is 0. The van der Waals surface area contributed by atoms with E-state index in [9.17, 15) is 17.6 Å². The van der Waals surface area contributed by atoms with Gasteiger partial charge in [-0.25, -0.2) is 12.8 Å². The quantitative estimate of drug-likeness (QED) is 0.492. The molecular formula is C23H18FN3O3S. The third-order valence-corrected chi connectivity index (χ3v) is 6.45. The van der Waals surface area contributed by atoms with Crippen molar-refractivity contribution < 1.29 is 17.6 Å². The molecule has 3 aromatic carbocycles. The molecule has 8 heteroatoms. The molecule has 156 valence electrons. The molecule has 0 spiro atoms. The van der Waals surface area contributed by atoms with E-state index in [0.717, 1.165) is 27.2 Å². The van der Waals surface area contributed by atoms with Crippen LogP contribution in [-0.4, -0.2) is 25.9 Å². The van der Waals surface area contributed by atoms with Crippen LogP contribution in [0.15, 0.2) is 96.2 Å². The summed E-state index contributed by atoms with van der Waals surface area (Å²) in [6.07, 6.45) is 2.66. The number of aromatic nitrogens is 1. The van der Waals surface area contributed by atoms with Gasteiger partial charge in [0.1, 0.15) is 17.3 Å². The number of hydrogen-bond donors (Lipinski definition) is 1. The molecule has 0 atom stereocenters. The summed E-state index contributed by atoms with van der Waals surface area (Å²) in [7, 11) is -4.11. The first-order valence-corrected chi connectivity index (χ1v) is 10.8. The second-order valence-electron chi connectivity index (χ2n) is 6.75. The van der Waals surface area contributed by atoms with Gasteiger partial charge < -0.3 is 5.32 Å². The largest absolute Gasteiger partial charge is 0.324 e. The van der Waals surface area contributed by atoms with Gasteiger partial charge in [0.15, 0.2) is 0 Å². The molecule has 0 saturated heterocycles. The van der Waals surface area contributed by atoms with E-state index in [4.69, 9.17) is 0 Å². The maximum Gasteiger partial charge on any atom is 0.266 e. The maximum absolute atomic E-state index is 13.4. The molecular weight excluding hydrogens is 417 g/mol. The number of benzene rings is 3. The number of carbonyl (C=O) groups is 1. The van der Waals surface area contributed by atoms with Crippen LogP contribution in [0.4, 0.5) is 15.8 Å². The van der Waals surface area contributed by atoms with Crippen LogP contribution in [0.2, 0.25) is 0 Å². The Morgan fingerprint density at radius 1 is 0.935 bits per heavy atom. The Kier molecular flexibility index (Phi) is 5.64. The van der Waals surface area contributed by atoms with Gasteiger partial charge in [-0.2, -0.15) is 0 Å². The highest BCUT2D eigenvalue weighted by molar-refractivity contribution is 7.92. The Bertz CT molecular complexity index is 1320. The predicted molar refractivity (Wildman–Crippen MR) is 118 cm³/mol. The topological polar surface area (TPSA) is 79.4 Å². The molecule has 4 aromatic rings. The number of halogens is 1. The minimum atomic E-state index is -4.11. The zero-order chi connectivity index (χ0) is 21.8. The van der Waals surface area contributed by atoms with Gasteiger partial charge in [-0.15, -0.1) is 0 Å². The molecule has 0 unspecified atom stereocenters. The van der Waals surface area contributed by atoms with Crippen molar-refractivity contribution in [1.29, 1.82) is 0 Å². The van der Waals surface area contributed by atoms with Crippen molar-refractivity contribution in [2.75, 3.05) is 16.2 Å². The van der Waals surface area contributed by atoms with E-state index in [2.05, 4.69) is 10.3 Å². The van der Waals surface area contributed by atoms with E-state index in [0.29, 0.717) is 5.69 Å². The van der Waals surface area contributed by atoms with Crippen molar-refractivity contribution in [3.8, 4) is 0 Å². The summed E-state index contributed by atoms with van der Waals surface area (Å²) in [4.78, 5) is 16.7. The zero-order valence-electron chi connectivity index (χ0n) is 16.3. The Hall–Kier alpha value is -3.78. The number of pyridine rings is 1. The second kappa shape index (κ2) is 8.53. The fraction of sp³-hybridized carbons (Fsp3) is 0.0435. The van der Waals surface area contributed by atoms with Gasteiger partial charge in [0.2, 0.25) is 5.91 Å². The molecule has 31 heavy (non-hydrogen) atoms. The maximum atomic E-state index is 13.4. The average molecular weight is 435 g/mol. The van der Waals surface area contributed by atoms with Crippen molar-refractivity contribution in [2.45, 2.75) is 4.90 Å².